The molecule has 2 aliphatic carbocycles. The number of aliphatic hydroxyl groups is 1. The van der Waals surface area contributed by atoms with Gasteiger partial charge in [-0.15, -0.1) is 0 Å². The smallest absolute Gasteiger partial charge is 0.169 e. The van der Waals surface area contributed by atoms with Gasteiger partial charge in [0.1, 0.15) is 6.10 Å². The Morgan fingerprint density at radius 2 is 2.05 bits per heavy atom. The topological polar surface area (TPSA) is 46.5 Å². The normalized spacial score (nSPS) is 50.2. The van der Waals surface area contributed by atoms with Gasteiger partial charge in [0.25, 0.3) is 0 Å². The fraction of sp³-hybridized carbons (Fsp3) is 0.833. The standard InChI is InChI=1S/C18H28O3/c1-12-5-4-8-18(3)16(20)15(19)13-11-17(2,9-6-12)10-7-14(13)21-18/h5,13-14,16,20H,4,6-11H2,1-3H3/b12-5-/t13-,14+,16+,17-,18-/m0/s1. The number of carbonyl (C=O) groups excluding carboxylic acids is 1. The van der Waals surface area contributed by atoms with Crippen molar-refractivity contribution in [3.63, 3.8) is 0 Å². The molecule has 0 aromatic carbocycles. The molecule has 4 bridgehead atoms. The van der Waals surface area contributed by atoms with E-state index in [1.807, 2.05) is 6.92 Å². The molecule has 1 saturated heterocycles. The molecule has 5 aliphatic rings. The summed E-state index contributed by atoms with van der Waals surface area (Å²) >= 11 is 0. The number of Topliss-reactive ketones (excluding diaryl/α,β-unsaturated/α-hetero) is 1. The van der Waals surface area contributed by atoms with Crippen molar-refractivity contribution in [2.45, 2.75) is 83.5 Å². The molecule has 3 nitrogen and oxygen atoms in total. The molecule has 118 valence electrons. The highest BCUT2D eigenvalue weighted by molar-refractivity contribution is 5.88. The fourth-order valence-corrected chi connectivity index (χ4v) is 4.42. The summed E-state index contributed by atoms with van der Waals surface area (Å²) in [5.41, 5.74) is 0.934. The van der Waals surface area contributed by atoms with E-state index in [0.717, 1.165) is 44.9 Å². The van der Waals surface area contributed by atoms with Gasteiger partial charge in [-0.3, -0.25) is 4.79 Å². The number of hydrogen-bond donors (Lipinski definition) is 1. The number of rotatable bonds is 0. The summed E-state index contributed by atoms with van der Waals surface area (Å²) in [6, 6.07) is 0. The predicted molar refractivity (Wildman–Crippen MR) is 82.0 cm³/mol. The van der Waals surface area contributed by atoms with Crippen LogP contribution in [0.2, 0.25) is 0 Å². The molecule has 3 heteroatoms. The molecule has 1 N–H and O–H groups in total. The zero-order valence-corrected chi connectivity index (χ0v) is 13.5. The van der Waals surface area contributed by atoms with Gasteiger partial charge in [0, 0.05) is 5.92 Å². The van der Waals surface area contributed by atoms with E-state index in [1.165, 1.54) is 5.57 Å². The molecule has 3 heterocycles. The van der Waals surface area contributed by atoms with Crippen LogP contribution in [0, 0.1) is 11.3 Å². The van der Waals surface area contributed by atoms with Crippen LogP contribution >= 0.6 is 0 Å². The number of aliphatic hydroxyl groups excluding tert-OH is 1. The van der Waals surface area contributed by atoms with Crippen molar-refractivity contribution in [3.8, 4) is 0 Å². The first kappa shape index (κ1) is 15.2. The van der Waals surface area contributed by atoms with Crippen molar-refractivity contribution in [1.82, 2.24) is 0 Å². The maximum atomic E-state index is 12.7. The highest BCUT2D eigenvalue weighted by atomic mass is 16.5. The number of carbonyl (C=O) groups is 1. The summed E-state index contributed by atoms with van der Waals surface area (Å²) < 4.78 is 6.26. The van der Waals surface area contributed by atoms with E-state index in [4.69, 9.17) is 4.74 Å². The maximum Gasteiger partial charge on any atom is 0.169 e. The Labute approximate surface area is 127 Å². The SMILES string of the molecule is C/C1=C/CC[C@]2(C)O[C@@H]3CC[C@](C)(CC1)C[C@@H]3C(=O)[C@H]2O. The molecule has 5 rings (SSSR count). The Morgan fingerprint density at radius 3 is 2.81 bits per heavy atom. The largest absolute Gasteiger partial charge is 0.382 e. The van der Waals surface area contributed by atoms with Crippen LogP contribution in [0.1, 0.15) is 65.7 Å². The Hall–Kier alpha value is -0.670. The molecule has 0 aromatic rings. The van der Waals surface area contributed by atoms with Crippen molar-refractivity contribution in [2.24, 2.45) is 11.3 Å². The van der Waals surface area contributed by atoms with Crippen LogP contribution in [0.5, 0.6) is 0 Å². The number of hydrogen-bond acceptors (Lipinski definition) is 3. The van der Waals surface area contributed by atoms with Crippen LogP contribution < -0.4 is 0 Å². The second-order valence-corrected chi connectivity index (χ2v) is 8.02. The van der Waals surface area contributed by atoms with Crippen molar-refractivity contribution < 1.29 is 14.6 Å². The zero-order chi connectivity index (χ0) is 15.3. The quantitative estimate of drug-likeness (QED) is 0.696. The van der Waals surface area contributed by atoms with E-state index in [-0.39, 0.29) is 23.2 Å². The van der Waals surface area contributed by atoms with E-state index in [1.54, 1.807) is 0 Å². The molecule has 0 amide bonds. The fourth-order valence-electron chi connectivity index (χ4n) is 4.42. The van der Waals surface area contributed by atoms with Gasteiger partial charge in [-0.1, -0.05) is 18.6 Å². The molecule has 0 unspecified atom stereocenters. The van der Waals surface area contributed by atoms with Crippen LogP contribution in [0.4, 0.5) is 0 Å². The minimum absolute atomic E-state index is 0.0171. The lowest BCUT2D eigenvalue weighted by atomic mass is 9.63. The molecule has 5 atom stereocenters. The summed E-state index contributed by atoms with van der Waals surface area (Å²) in [6.07, 6.45) is 8.13. The molecule has 0 radical (unpaired) electrons. The number of fused-ring (bicyclic) bond motifs is 2. The first-order valence-corrected chi connectivity index (χ1v) is 8.38. The highest BCUT2D eigenvalue weighted by Crippen LogP contribution is 2.49. The Bertz CT molecular complexity index is 469. The molecule has 2 fully saturated rings. The van der Waals surface area contributed by atoms with Gasteiger partial charge in [0.05, 0.1) is 11.7 Å². The van der Waals surface area contributed by atoms with Gasteiger partial charge in [-0.05, 0) is 64.2 Å². The average Bonchev–Trinajstić information content (AvgIpc) is 2.43. The highest BCUT2D eigenvalue weighted by Gasteiger charge is 2.53. The van der Waals surface area contributed by atoms with Gasteiger partial charge in [0.15, 0.2) is 5.78 Å². The van der Waals surface area contributed by atoms with Crippen LogP contribution in [-0.4, -0.2) is 28.7 Å². The Morgan fingerprint density at radius 1 is 1.29 bits per heavy atom. The van der Waals surface area contributed by atoms with E-state index >= 15 is 0 Å². The lowest BCUT2D eigenvalue weighted by Crippen LogP contribution is -2.60. The summed E-state index contributed by atoms with van der Waals surface area (Å²) in [7, 11) is 0. The summed E-state index contributed by atoms with van der Waals surface area (Å²) in [5.74, 6) is -0.0727. The summed E-state index contributed by atoms with van der Waals surface area (Å²) in [5, 5.41) is 10.5. The van der Waals surface area contributed by atoms with Crippen molar-refractivity contribution in [2.75, 3.05) is 0 Å². The minimum Gasteiger partial charge on any atom is -0.382 e. The van der Waals surface area contributed by atoms with Crippen LogP contribution in [0.15, 0.2) is 11.6 Å². The average molecular weight is 292 g/mol. The lowest BCUT2D eigenvalue weighted by molar-refractivity contribution is -0.214. The van der Waals surface area contributed by atoms with Crippen molar-refractivity contribution in [3.05, 3.63) is 11.6 Å². The maximum absolute atomic E-state index is 12.7. The molecule has 21 heavy (non-hydrogen) atoms. The summed E-state index contributed by atoms with van der Waals surface area (Å²) in [6.45, 7) is 6.41. The zero-order valence-electron chi connectivity index (χ0n) is 13.5. The first-order chi connectivity index (χ1) is 9.83. The van der Waals surface area contributed by atoms with Gasteiger partial charge in [0.2, 0.25) is 0 Å². The third kappa shape index (κ3) is 2.70. The summed E-state index contributed by atoms with van der Waals surface area (Å²) in [4.78, 5) is 12.7. The van der Waals surface area contributed by atoms with E-state index in [9.17, 15) is 9.90 Å². The monoisotopic (exact) mass is 292 g/mol. The molecular formula is C18H28O3. The number of ether oxygens (including phenoxy) is 1. The Kier molecular flexibility index (Phi) is 3.77. The van der Waals surface area contributed by atoms with Crippen LogP contribution in [-0.2, 0) is 9.53 Å². The molecule has 1 saturated carbocycles. The van der Waals surface area contributed by atoms with E-state index < -0.39 is 11.7 Å². The Balaban J connectivity index is 1.96. The van der Waals surface area contributed by atoms with Gasteiger partial charge in [-0.25, -0.2) is 0 Å². The first-order valence-electron chi connectivity index (χ1n) is 8.38. The predicted octanol–water partition coefficient (Wildman–Crippen LogP) is 3.40. The second kappa shape index (κ2) is 5.20. The molecule has 0 spiro atoms. The second-order valence-electron chi connectivity index (χ2n) is 8.02. The van der Waals surface area contributed by atoms with Gasteiger partial charge >= 0.3 is 0 Å². The van der Waals surface area contributed by atoms with Crippen molar-refractivity contribution >= 4 is 5.78 Å². The third-order valence-corrected chi connectivity index (χ3v) is 6.08. The molecule has 0 aromatic heterocycles. The van der Waals surface area contributed by atoms with Crippen LogP contribution in [0.25, 0.3) is 0 Å². The molecule has 3 aliphatic heterocycles. The van der Waals surface area contributed by atoms with Crippen molar-refractivity contribution in [1.29, 1.82) is 0 Å². The minimum atomic E-state index is -0.964. The molecular weight excluding hydrogens is 264 g/mol. The van der Waals surface area contributed by atoms with E-state index in [0.29, 0.717) is 0 Å². The lowest BCUT2D eigenvalue weighted by Gasteiger charge is -2.51. The number of allylic oxidation sites excluding steroid dienone is 2. The van der Waals surface area contributed by atoms with Gasteiger partial charge in [-0.2, -0.15) is 0 Å². The van der Waals surface area contributed by atoms with Gasteiger partial charge < -0.3 is 9.84 Å². The third-order valence-electron chi connectivity index (χ3n) is 6.08. The van der Waals surface area contributed by atoms with Crippen LogP contribution in [0.3, 0.4) is 0 Å². The number of ketones is 1. The van der Waals surface area contributed by atoms with E-state index in [2.05, 4.69) is 19.9 Å².